The summed E-state index contributed by atoms with van der Waals surface area (Å²) in [5.74, 6) is 0.760. The summed E-state index contributed by atoms with van der Waals surface area (Å²) in [5, 5.41) is 6.97. The Morgan fingerprint density at radius 1 is 1.17 bits per heavy atom. The third kappa shape index (κ3) is 4.45. The van der Waals surface area contributed by atoms with E-state index in [4.69, 9.17) is 26.2 Å². The summed E-state index contributed by atoms with van der Waals surface area (Å²) in [7, 11) is 1.64. The SMILES string of the molecule is COc1ccc(C2=NN(C(=O)CN3CCOCC3)[C@H](c3ccccc3Cl)C2)cc1. The molecule has 0 aliphatic carbocycles. The number of carbonyl (C=O) groups is 1. The van der Waals surface area contributed by atoms with Crippen molar-refractivity contribution in [2.75, 3.05) is 40.0 Å². The van der Waals surface area contributed by atoms with E-state index < -0.39 is 0 Å². The number of benzene rings is 2. The molecule has 7 heteroatoms. The molecule has 2 heterocycles. The van der Waals surface area contributed by atoms with E-state index >= 15 is 0 Å². The van der Waals surface area contributed by atoms with Crippen molar-refractivity contribution >= 4 is 23.2 Å². The van der Waals surface area contributed by atoms with Crippen LogP contribution in [0.1, 0.15) is 23.6 Å². The maximum absolute atomic E-state index is 13.2. The van der Waals surface area contributed by atoms with Crippen molar-refractivity contribution in [2.45, 2.75) is 12.5 Å². The number of ether oxygens (including phenoxy) is 2. The molecule has 29 heavy (non-hydrogen) atoms. The van der Waals surface area contributed by atoms with Crippen molar-refractivity contribution in [2.24, 2.45) is 5.10 Å². The van der Waals surface area contributed by atoms with Crippen LogP contribution in [-0.4, -0.2) is 61.5 Å². The van der Waals surface area contributed by atoms with Gasteiger partial charge < -0.3 is 9.47 Å². The first-order chi connectivity index (χ1) is 14.2. The number of rotatable bonds is 5. The number of hydrazone groups is 1. The fourth-order valence-electron chi connectivity index (χ4n) is 3.71. The van der Waals surface area contributed by atoms with E-state index in [1.165, 1.54) is 0 Å². The van der Waals surface area contributed by atoms with Gasteiger partial charge >= 0.3 is 0 Å². The van der Waals surface area contributed by atoms with Crippen molar-refractivity contribution in [3.05, 3.63) is 64.7 Å². The molecule has 1 fully saturated rings. The molecule has 0 radical (unpaired) electrons. The van der Waals surface area contributed by atoms with Gasteiger partial charge in [-0.2, -0.15) is 5.10 Å². The molecule has 1 atom stereocenters. The molecule has 152 valence electrons. The van der Waals surface area contributed by atoms with Gasteiger partial charge in [-0.1, -0.05) is 29.8 Å². The molecule has 1 saturated heterocycles. The van der Waals surface area contributed by atoms with Crippen LogP contribution < -0.4 is 4.74 Å². The van der Waals surface area contributed by atoms with Crippen LogP contribution in [0.4, 0.5) is 0 Å². The first-order valence-electron chi connectivity index (χ1n) is 9.74. The van der Waals surface area contributed by atoms with E-state index in [0.29, 0.717) is 31.2 Å². The Kier molecular flexibility index (Phi) is 6.13. The van der Waals surface area contributed by atoms with Gasteiger partial charge in [0.1, 0.15) is 5.75 Å². The Morgan fingerprint density at radius 2 is 1.90 bits per heavy atom. The van der Waals surface area contributed by atoms with Crippen LogP contribution >= 0.6 is 11.6 Å². The minimum absolute atomic E-state index is 0.0275. The number of methoxy groups -OCH3 is 1. The van der Waals surface area contributed by atoms with Crippen LogP contribution in [0.2, 0.25) is 5.02 Å². The van der Waals surface area contributed by atoms with Crippen LogP contribution in [0.15, 0.2) is 53.6 Å². The van der Waals surface area contributed by atoms with Crippen molar-refractivity contribution < 1.29 is 14.3 Å². The molecule has 2 aromatic carbocycles. The summed E-state index contributed by atoms with van der Waals surface area (Å²) in [4.78, 5) is 15.3. The second-order valence-electron chi connectivity index (χ2n) is 7.14. The van der Waals surface area contributed by atoms with E-state index in [1.54, 1.807) is 12.1 Å². The highest BCUT2D eigenvalue weighted by molar-refractivity contribution is 6.31. The summed E-state index contributed by atoms with van der Waals surface area (Å²) < 4.78 is 10.6. The number of halogens is 1. The zero-order chi connectivity index (χ0) is 20.2. The summed E-state index contributed by atoms with van der Waals surface area (Å²) in [6.45, 7) is 3.14. The van der Waals surface area contributed by atoms with Crippen molar-refractivity contribution in [3.8, 4) is 5.75 Å². The molecular weight excluding hydrogens is 390 g/mol. The van der Waals surface area contributed by atoms with Gasteiger partial charge in [-0.25, -0.2) is 5.01 Å². The van der Waals surface area contributed by atoms with Crippen LogP contribution in [0.25, 0.3) is 0 Å². The maximum Gasteiger partial charge on any atom is 0.257 e. The molecule has 0 N–H and O–H groups in total. The van der Waals surface area contributed by atoms with Crippen LogP contribution in [0, 0.1) is 0 Å². The van der Waals surface area contributed by atoms with E-state index in [1.807, 2.05) is 48.5 Å². The molecular formula is C22H24ClN3O3. The second kappa shape index (κ2) is 8.95. The topological polar surface area (TPSA) is 54.4 Å². The molecule has 1 amide bonds. The lowest BCUT2D eigenvalue weighted by Crippen LogP contribution is -2.43. The van der Waals surface area contributed by atoms with Gasteiger partial charge in [-0.3, -0.25) is 9.69 Å². The molecule has 6 nitrogen and oxygen atoms in total. The minimum atomic E-state index is -0.214. The molecule has 0 unspecified atom stereocenters. The molecule has 2 aliphatic rings. The van der Waals surface area contributed by atoms with Crippen LogP contribution in [-0.2, 0) is 9.53 Å². The third-order valence-electron chi connectivity index (χ3n) is 5.32. The van der Waals surface area contributed by atoms with E-state index in [2.05, 4.69) is 4.90 Å². The monoisotopic (exact) mass is 413 g/mol. The Balaban J connectivity index is 1.61. The Morgan fingerprint density at radius 3 is 2.59 bits per heavy atom. The van der Waals surface area contributed by atoms with Crippen molar-refractivity contribution in [1.29, 1.82) is 0 Å². The lowest BCUT2D eigenvalue weighted by molar-refractivity contribution is -0.135. The second-order valence-corrected chi connectivity index (χ2v) is 7.55. The normalized spacial score (nSPS) is 19.9. The van der Waals surface area contributed by atoms with E-state index in [0.717, 1.165) is 35.7 Å². The molecule has 2 aliphatic heterocycles. The fourth-order valence-corrected chi connectivity index (χ4v) is 3.97. The van der Waals surface area contributed by atoms with E-state index in [9.17, 15) is 4.79 Å². The zero-order valence-corrected chi connectivity index (χ0v) is 17.1. The number of morpholine rings is 1. The number of hydrogen-bond acceptors (Lipinski definition) is 5. The summed E-state index contributed by atoms with van der Waals surface area (Å²) >= 11 is 6.47. The summed E-state index contributed by atoms with van der Waals surface area (Å²) in [6, 6.07) is 15.2. The van der Waals surface area contributed by atoms with Gasteiger partial charge in [-0.15, -0.1) is 0 Å². The maximum atomic E-state index is 13.2. The Bertz CT molecular complexity index is 894. The lowest BCUT2D eigenvalue weighted by Gasteiger charge is -2.29. The quantitative estimate of drug-likeness (QED) is 0.754. The fraction of sp³-hybridized carbons (Fsp3) is 0.364. The highest BCUT2D eigenvalue weighted by atomic mass is 35.5. The van der Waals surface area contributed by atoms with Crippen molar-refractivity contribution in [1.82, 2.24) is 9.91 Å². The number of nitrogens with zero attached hydrogens (tertiary/aromatic N) is 3. The molecule has 0 aromatic heterocycles. The first-order valence-corrected chi connectivity index (χ1v) is 10.1. The summed E-state index contributed by atoms with van der Waals surface area (Å²) in [5.41, 5.74) is 2.76. The molecule has 0 saturated carbocycles. The molecule has 0 spiro atoms. The average molecular weight is 414 g/mol. The minimum Gasteiger partial charge on any atom is -0.497 e. The van der Waals surface area contributed by atoms with Crippen LogP contribution in [0.5, 0.6) is 5.75 Å². The highest BCUT2D eigenvalue weighted by Gasteiger charge is 2.34. The van der Waals surface area contributed by atoms with Crippen molar-refractivity contribution in [3.63, 3.8) is 0 Å². The van der Waals surface area contributed by atoms with Gasteiger partial charge in [0, 0.05) is 24.5 Å². The van der Waals surface area contributed by atoms with Crippen LogP contribution in [0.3, 0.4) is 0 Å². The molecule has 4 rings (SSSR count). The predicted octanol–water partition coefficient (Wildman–Crippen LogP) is 3.36. The predicted molar refractivity (Wildman–Crippen MR) is 112 cm³/mol. The standard InChI is InChI=1S/C22H24ClN3O3/c1-28-17-8-6-16(7-9-17)20-14-21(18-4-2-3-5-19(18)23)26(24-20)22(27)15-25-10-12-29-13-11-25/h2-9,21H,10-15H2,1H3/t21-/m0/s1. The third-order valence-corrected chi connectivity index (χ3v) is 5.66. The van der Waals surface area contributed by atoms with E-state index in [-0.39, 0.29) is 11.9 Å². The smallest absolute Gasteiger partial charge is 0.257 e. The molecule has 2 aromatic rings. The number of carbonyl (C=O) groups excluding carboxylic acids is 1. The average Bonchev–Trinajstić information content (AvgIpc) is 3.20. The number of amides is 1. The Hall–Kier alpha value is -2.41. The van der Waals surface area contributed by atoms with Gasteiger partial charge in [-0.05, 0) is 41.5 Å². The lowest BCUT2D eigenvalue weighted by atomic mass is 9.98. The van der Waals surface area contributed by atoms with Gasteiger partial charge in [0.15, 0.2) is 0 Å². The first kappa shape index (κ1) is 19.9. The zero-order valence-electron chi connectivity index (χ0n) is 16.4. The summed E-state index contributed by atoms with van der Waals surface area (Å²) in [6.07, 6.45) is 0.616. The Labute approximate surface area is 175 Å². The highest BCUT2D eigenvalue weighted by Crippen LogP contribution is 2.36. The molecule has 0 bridgehead atoms. The van der Waals surface area contributed by atoms with Gasteiger partial charge in [0.25, 0.3) is 5.91 Å². The van der Waals surface area contributed by atoms with Gasteiger partial charge in [0.05, 0.1) is 38.6 Å². The van der Waals surface area contributed by atoms with Gasteiger partial charge in [0.2, 0.25) is 0 Å². The largest absolute Gasteiger partial charge is 0.497 e. The number of hydrogen-bond donors (Lipinski definition) is 0.